The molecule has 0 bridgehead atoms. The summed E-state index contributed by atoms with van der Waals surface area (Å²) in [6.07, 6.45) is 0. The van der Waals surface area contributed by atoms with Crippen LogP contribution in [0.25, 0.3) is 0 Å². The number of halogens is 1. The van der Waals surface area contributed by atoms with E-state index in [1.165, 1.54) is 0 Å². The van der Waals surface area contributed by atoms with E-state index in [0.29, 0.717) is 12.6 Å². The fraction of sp³-hybridized carbons (Fsp3) is 0.462. The molecule has 2 fully saturated rings. The van der Waals surface area contributed by atoms with Gasteiger partial charge in [-0.3, -0.25) is 9.69 Å². The summed E-state index contributed by atoms with van der Waals surface area (Å²) in [5.74, 6) is 0.200. The second kappa shape index (κ2) is 4.99. The van der Waals surface area contributed by atoms with E-state index in [0.717, 1.165) is 36.3 Å². The van der Waals surface area contributed by atoms with Crippen LogP contribution in [-0.4, -0.2) is 49.6 Å². The normalized spacial score (nSPS) is 25.1. The topological polar surface area (TPSA) is 35.6 Å². The number of carbonyl (C=O) groups excluding carboxylic acids is 1. The molecule has 3 rings (SSSR count). The molecule has 18 heavy (non-hydrogen) atoms. The van der Waals surface area contributed by atoms with Crippen molar-refractivity contribution in [3.63, 3.8) is 0 Å². The predicted octanol–water partition coefficient (Wildman–Crippen LogP) is 1.07. The minimum atomic E-state index is 0.200. The Hall–Kier alpha value is -0.910. The van der Waals surface area contributed by atoms with E-state index in [1.54, 1.807) is 0 Å². The van der Waals surface area contributed by atoms with E-state index < -0.39 is 0 Å². The number of nitrogens with zero attached hydrogens (tertiary/aromatic N) is 2. The average molecular weight is 310 g/mol. The van der Waals surface area contributed by atoms with Crippen molar-refractivity contribution >= 4 is 27.5 Å². The molecule has 0 aliphatic carbocycles. The number of amides is 1. The second-order valence-electron chi connectivity index (χ2n) is 4.81. The predicted molar refractivity (Wildman–Crippen MR) is 74.7 cm³/mol. The monoisotopic (exact) mass is 309 g/mol. The third-order valence-electron chi connectivity index (χ3n) is 3.62. The molecule has 0 radical (unpaired) electrons. The lowest BCUT2D eigenvalue weighted by Crippen LogP contribution is -2.63. The Morgan fingerprint density at radius 1 is 1.39 bits per heavy atom. The number of anilines is 1. The zero-order valence-corrected chi connectivity index (χ0v) is 11.7. The molecular formula is C13H16BrN3O. The van der Waals surface area contributed by atoms with E-state index in [9.17, 15) is 4.79 Å². The molecule has 1 aromatic carbocycles. The Balaban J connectivity index is 1.82. The summed E-state index contributed by atoms with van der Waals surface area (Å²) in [7, 11) is 0. The van der Waals surface area contributed by atoms with Crippen LogP contribution in [0.1, 0.15) is 0 Å². The smallest absolute Gasteiger partial charge is 0.241 e. The van der Waals surface area contributed by atoms with Gasteiger partial charge in [0.2, 0.25) is 5.91 Å². The molecule has 2 aliphatic heterocycles. The average Bonchev–Trinajstić information content (AvgIpc) is 2.38. The fourth-order valence-corrected chi connectivity index (χ4v) is 3.04. The van der Waals surface area contributed by atoms with Crippen LogP contribution in [0.5, 0.6) is 0 Å². The van der Waals surface area contributed by atoms with Crippen LogP contribution in [0.15, 0.2) is 28.7 Å². The van der Waals surface area contributed by atoms with Crippen LogP contribution in [-0.2, 0) is 4.79 Å². The molecule has 2 saturated heterocycles. The van der Waals surface area contributed by atoms with Gasteiger partial charge in [-0.2, -0.15) is 0 Å². The largest absolute Gasteiger partial charge is 0.314 e. The van der Waals surface area contributed by atoms with Gasteiger partial charge >= 0.3 is 0 Å². The molecule has 1 N–H and O–H groups in total. The molecule has 4 nitrogen and oxygen atoms in total. The van der Waals surface area contributed by atoms with E-state index in [2.05, 4.69) is 26.1 Å². The van der Waals surface area contributed by atoms with E-state index in [4.69, 9.17) is 0 Å². The van der Waals surface area contributed by atoms with Crippen LogP contribution in [0, 0.1) is 0 Å². The van der Waals surface area contributed by atoms with Crippen molar-refractivity contribution in [2.45, 2.75) is 6.04 Å². The van der Waals surface area contributed by atoms with Crippen LogP contribution in [0.2, 0.25) is 0 Å². The maximum atomic E-state index is 12.2. The summed E-state index contributed by atoms with van der Waals surface area (Å²) in [5.41, 5.74) is 0.986. The Bertz CT molecular complexity index is 465. The summed E-state index contributed by atoms with van der Waals surface area (Å²) in [6, 6.07) is 8.39. The van der Waals surface area contributed by atoms with Gasteiger partial charge in [-0.25, -0.2) is 0 Å². The minimum Gasteiger partial charge on any atom is -0.314 e. The fourth-order valence-electron chi connectivity index (χ4n) is 2.66. The first-order valence-corrected chi connectivity index (χ1v) is 7.04. The molecule has 1 unspecified atom stereocenters. The molecule has 0 saturated carbocycles. The minimum absolute atomic E-state index is 0.200. The van der Waals surface area contributed by atoms with Crippen LogP contribution >= 0.6 is 15.9 Å². The first-order valence-electron chi connectivity index (χ1n) is 6.25. The summed E-state index contributed by atoms with van der Waals surface area (Å²) in [4.78, 5) is 16.4. The molecule has 0 spiro atoms. The summed E-state index contributed by atoms with van der Waals surface area (Å²) < 4.78 is 1.01. The number of hydrogen-bond donors (Lipinski definition) is 1. The number of nitrogens with one attached hydrogen (secondary N) is 1. The van der Waals surface area contributed by atoms with Gasteiger partial charge in [0, 0.05) is 42.4 Å². The van der Waals surface area contributed by atoms with Gasteiger partial charge in [-0.15, -0.1) is 0 Å². The van der Waals surface area contributed by atoms with Gasteiger partial charge in [0.05, 0.1) is 6.54 Å². The highest BCUT2D eigenvalue weighted by Gasteiger charge is 2.33. The third kappa shape index (κ3) is 2.30. The lowest BCUT2D eigenvalue weighted by Gasteiger charge is -2.43. The SMILES string of the molecule is O=C1CN2CCNCC2CN1c1cccc(Br)c1. The first kappa shape index (κ1) is 12.1. The number of benzene rings is 1. The van der Waals surface area contributed by atoms with Gasteiger partial charge in [0.1, 0.15) is 0 Å². The lowest BCUT2D eigenvalue weighted by molar-refractivity contribution is -0.122. The first-order chi connectivity index (χ1) is 8.74. The van der Waals surface area contributed by atoms with Crippen LogP contribution in [0.3, 0.4) is 0 Å². The number of rotatable bonds is 1. The van der Waals surface area contributed by atoms with Gasteiger partial charge in [-0.05, 0) is 18.2 Å². The zero-order valence-electron chi connectivity index (χ0n) is 10.1. The highest BCUT2D eigenvalue weighted by Crippen LogP contribution is 2.23. The summed E-state index contributed by atoms with van der Waals surface area (Å²) in [6.45, 7) is 4.25. The molecule has 2 heterocycles. The van der Waals surface area contributed by atoms with Gasteiger partial charge in [0.25, 0.3) is 0 Å². The van der Waals surface area contributed by atoms with Gasteiger partial charge in [-0.1, -0.05) is 22.0 Å². The van der Waals surface area contributed by atoms with Crippen molar-refractivity contribution in [3.05, 3.63) is 28.7 Å². The quantitative estimate of drug-likeness (QED) is 0.843. The molecule has 1 amide bonds. The number of piperazine rings is 2. The van der Waals surface area contributed by atoms with Crippen molar-refractivity contribution in [3.8, 4) is 0 Å². The zero-order chi connectivity index (χ0) is 12.5. The lowest BCUT2D eigenvalue weighted by atomic mass is 10.1. The van der Waals surface area contributed by atoms with E-state index >= 15 is 0 Å². The molecule has 0 aromatic heterocycles. The molecule has 1 atom stereocenters. The third-order valence-corrected chi connectivity index (χ3v) is 4.12. The number of fused-ring (bicyclic) bond motifs is 1. The molecular weight excluding hydrogens is 294 g/mol. The molecule has 5 heteroatoms. The highest BCUT2D eigenvalue weighted by atomic mass is 79.9. The summed E-state index contributed by atoms with van der Waals surface area (Å²) in [5, 5.41) is 3.39. The maximum Gasteiger partial charge on any atom is 0.241 e. The summed E-state index contributed by atoms with van der Waals surface area (Å²) >= 11 is 3.46. The van der Waals surface area contributed by atoms with Crippen molar-refractivity contribution in [1.82, 2.24) is 10.2 Å². The molecule has 2 aliphatic rings. The maximum absolute atomic E-state index is 12.2. The molecule has 96 valence electrons. The Labute approximate surface area is 115 Å². The Morgan fingerprint density at radius 2 is 2.28 bits per heavy atom. The second-order valence-corrected chi connectivity index (χ2v) is 5.73. The Morgan fingerprint density at radius 3 is 3.11 bits per heavy atom. The highest BCUT2D eigenvalue weighted by molar-refractivity contribution is 9.10. The van der Waals surface area contributed by atoms with Crippen LogP contribution in [0.4, 0.5) is 5.69 Å². The standard InChI is InChI=1S/C13H16BrN3O/c14-10-2-1-3-11(6-10)17-8-12-7-15-4-5-16(12)9-13(17)18/h1-3,6,12,15H,4-5,7-9H2. The van der Waals surface area contributed by atoms with Gasteiger partial charge in [0.15, 0.2) is 0 Å². The van der Waals surface area contributed by atoms with Crippen LogP contribution < -0.4 is 10.2 Å². The van der Waals surface area contributed by atoms with Gasteiger partial charge < -0.3 is 10.2 Å². The van der Waals surface area contributed by atoms with Crippen molar-refractivity contribution in [2.75, 3.05) is 37.6 Å². The van der Waals surface area contributed by atoms with E-state index in [-0.39, 0.29) is 5.91 Å². The van der Waals surface area contributed by atoms with Crippen molar-refractivity contribution in [2.24, 2.45) is 0 Å². The Kier molecular flexibility index (Phi) is 3.37. The van der Waals surface area contributed by atoms with Crippen molar-refractivity contribution < 1.29 is 4.79 Å². The number of carbonyl (C=O) groups is 1. The van der Waals surface area contributed by atoms with Crippen molar-refractivity contribution in [1.29, 1.82) is 0 Å². The van der Waals surface area contributed by atoms with E-state index in [1.807, 2.05) is 29.2 Å². The number of hydrogen-bond acceptors (Lipinski definition) is 3. The molecule has 1 aromatic rings.